The van der Waals surface area contributed by atoms with Crippen LogP contribution in [0.15, 0.2) is 53.9 Å². The number of rotatable bonds is 6. The normalized spacial score (nSPS) is 10.4. The zero-order valence-corrected chi connectivity index (χ0v) is 17.6. The molecule has 1 aromatic heterocycles. The second-order valence-electron chi connectivity index (χ2n) is 5.91. The van der Waals surface area contributed by atoms with Crippen LogP contribution < -0.4 is 10.6 Å². The number of benzene rings is 2. The quantitative estimate of drug-likeness (QED) is 0.500. The topological polar surface area (TPSA) is 71.1 Å². The Morgan fingerprint density at radius 1 is 1.11 bits per heavy atom. The van der Waals surface area contributed by atoms with Crippen molar-refractivity contribution in [2.24, 2.45) is 0 Å². The predicted molar refractivity (Wildman–Crippen MR) is 117 cm³/mol. The summed E-state index contributed by atoms with van der Waals surface area (Å²) in [5.74, 6) is -0.347. The van der Waals surface area contributed by atoms with E-state index in [0.717, 1.165) is 20.4 Å². The fourth-order valence-corrected chi connectivity index (χ4v) is 3.57. The van der Waals surface area contributed by atoms with Gasteiger partial charge in [0, 0.05) is 33.0 Å². The summed E-state index contributed by atoms with van der Waals surface area (Å²) in [6.45, 7) is 2.16. The fourth-order valence-electron chi connectivity index (χ4n) is 2.48. The first kappa shape index (κ1) is 19.5. The molecule has 2 aromatic carbocycles. The Kier molecular flexibility index (Phi) is 6.57. The Morgan fingerprint density at radius 2 is 1.85 bits per heavy atom. The lowest BCUT2D eigenvalue weighted by atomic mass is 10.1. The van der Waals surface area contributed by atoms with Crippen molar-refractivity contribution in [3.8, 4) is 11.3 Å². The molecule has 138 valence electrons. The van der Waals surface area contributed by atoms with Crippen molar-refractivity contribution in [1.82, 2.24) is 10.3 Å². The molecule has 0 atom stereocenters. The molecule has 0 unspecified atom stereocenters. The fraction of sp³-hybridized carbons (Fsp3) is 0.150. The summed E-state index contributed by atoms with van der Waals surface area (Å²) in [5.41, 5.74) is 3.38. The highest BCUT2D eigenvalue weighted by atomic mass is 127. The molecule has 0 saturated heterocycles. The average Bonchev–Trinajstić information content (AvgIpc) is 3.11. The van der Waals surface area contributed by atoms with E-state index >= 15 is 0 Å². The molecular formula is C20H18IN3O2S. The number of anilines is 1. The summed E-state index contributed by atoms with van der Waals surface area (Å²) < 4.78 is 1.16. The van der Waals surface area contributed by atoms with Gasteiger partial charge in [-0.25, -0.2) is 4.98 Å². The van der Waals surface area contributed by atoms with E-state index in [9.17, 15) is 9.59 Å². The van der Waals surface area contributed by atoms with E-state index in [2.05, 4.69) is 38.2 Å². The zero-order valence-electron chi connectivity index (χ0n) is 14.7. The second kappa shape index (κ2) is 9.09. The van der Waals surface area contributed by atoms with Gasteiger partial charge in [0.25, 0.3) is 5.91 Å². The molecule has 2 amide bonds. The minimum Gasteiger partial charge on any atom is -0.352 e. The summed E-state index contributed by atoms with van der Waals surface area (Å²) in [5, 5.41) is 8.03. The van der Waals surface area contributed by atoms with Crippen molar-refractivity contribution in [2.45, 2.75) is 13.3 Å². The van der Waals surface area contributed by atoms with E-state index in [4.69, 9.17) is 0 Å². The van der Waals surface area contributed by atoms with E-state index in [0.29, 0.717) is 10.7 Å². The molecule has 0 aliphatic heterocycles. The maximum Gasteiger partial charge on any atom is 0.251 e. The smallest absolute Gasteiger partial charge is 0.251 e. The number of carbonyl (C=O) groups is 2. The van der Waals surface area contributed by atoms with E-state index in [1.165, 1.54) is 11.3 Å². The lowest BCUT2D eigenvalue weighted by Gasteiger charge is -2.07. The highest BCUT2D eigenvalue weighted by Gasteiger charge is 2.10. The zero-order chi connectivity index (χ0) is 19.2. The Bertz CT molecular complexity index is 954. The van der Waals surface area contributed by atoms with Crippen molar-refractivity contribution < 1.29 is 9.59 Å². The molecule has 0 radical (unpaired) electrons. The molecular weight excluding hydrogens is 473 g/mol. The Balaban J connectivity index is 1.49. The minimum absolute atomic E-state index is 0.170. The summed E-state index contributed by atoms with van der Waals surface area (Å²) >= 11 is 3.64. The minimum atomic E-state index is -0.177. The molecule has 2 N–H and O–H groups in total. The Hall–Kier alpha value is -2.26. The average molecular weight is 491 g/mol. The van der Waals surface area contributed by atoms with Crippen molar-refractivity contribution in [3.05, 3.63) is 68.6 Å². The third-order valence-electron chi connectivity index (χ3n) is 3.92. The van der Waals surface area contributed by atoms with Crippen LogP contribution in [0, 0.1) is 10.5 Å². The first-order valence-corrected chi connectivity index (χ1v) is 10.3. The van der Waals surface area contributed by atoms with Gasteiger partial charge in [0.2, 0.25) is 5.91 Å². The first-order chi connectivity index (χ1) is 13.0. The van der Waals surface area contributed by atoms with Crippen molar-refractivity contribution in [3.63, 3.8) is 0 Å². The molecule has 1 heterocycles. The summed E-state index contributed by atoms with van der Waals surface area (Å²) in [6.07, 6.45) is 0.191. The Morgan fingerprint density at radius 3 is 2.59 bits per heavy atom. The number of aromatic nitrogens is 1. The largest absolute Gasteiger partial charge is 0.352 e. The molecule has 5 nitrogen and oxygen atoms in total. The highest BCUT2D eigenvalue weighted by Crippen LogP contribution is 2.25. The van der Waals surface area contributed by atoms with Crippen LogP contribution in [0.25, 0.3) is 11.3 Å². The van der Waals surface area contributed by atoms with Gasteiger partial charge in [-0.2, -0.15) is 0 Å². The number of nitrogens with zero attached hydrogens (tertiary/aromatic N) is 1. The molecule has 0 spiro atoms. The number of hydrogen-bond acceptors (Lipinski definition) is 4. The van der Waals surface area contributed by atoms with Crippen molar-refractivity contribution >= 4 is 50.9 Å². The van der Waals surface area contributed by atoms with Gasteiger partial charge in [-0.1, -0.05) is 30.3 Å². The Labute approximate surface area is 175 Å². The molecule has 7 heteroatoms. The van der Waals surface area contributed by atoms with Gasteiger partial charge in [-0.15, -0.1) is 11.3 Å². The molecule has 3 aromatic rings. The van der Waals surface area contributed by atoms with Crippen LogP contribution in [0.2, 0.25) is 0 Å². The number of carbonyl (C=O) groups excluding carboxylic acids is 2. The number of halogens is 1. The molecule has 0 aliphatic carbocycles. The third kappa shape index (κ3) is 5.36. The predicted octanol–water partition coefficient (Wildman–Crippen LogP) is 4.48. The van der Waals surface area contributed by atoms with E-state index in [-0.39, 0.29) is 24.8 Å². The van der Waals surface area contributed by atoms with E-state index < -0.39 is 0 Å². The molecule has 27 heavy (non-hydrogen) atoms. The van der Waals surface area contributed by atoms with Crippen LogP contribution in [-0.2, 0) is 4.79 Å². The van der Waals surface area contributed by atoms with Crippen LogP contribution in [-0.4, -0.2) is 23.3 Å². The molecule has 0 bridgehead atoms. The van der Waals surface area contributed by atoms with Gasteiger partial charge in [-0.05, 0) is 53.3 Å². The monoisotopic (exact) mass is 491 g/mol. The van der Waals surface area contributed by atoms with Crippen LogP contribution in [0.1, 0.15) is 22.3 Å². The van der Waals surface area contributed by atoms with Crippen LogP contribution >= 0.6 is 33.9 Å². The number of nitrogens with one attached hydrogen (secondary N) is 2. The van der Waals surface area contributed by atoms with E-state index in [1.807, 2.05) is 54.8 Å². The third-order valence-corrected chi connectivity index (χ3v) is 5.39. The van der Waals surface area contributed by atoms with Crippen LogP contribution in [0.3, 0.4) is 0 Å². The number of aryl methyl sites for hydroxylation is 1. The number of hydrogen-bond donors (Lipinski definition) is 2. The van der Waals surface area contributed by atoms with Crippen molar-refractivity contribution in [1.29, 1.82) is 0 Å². The van der Waals surface area contributed by atoms with Gasteiger partial charge < -0.3 is 10.6 Å². The SMILES string of the molecule is Cc1ccccc1C(=O)NCCC(=O)Nc1nc(-c2ccc(I)cc2)cs1. The highest BCUT2D eigenvalue weighted by molar-refractivity contribution is 14.1. The number of thiazole rings is 1. The molecule has 0 saturated carbocycles. The van der Waals surface area contributed by atoms with Gasteiger partial charge in [-0.3, -0.25) is 9.59 Å². The maximum atomic E-state index is 12.1. The molecule has 0 aliphatic rings. The van der Waals surface area contributed by atoms with Crippen LogP contribution in [0.4, 0.5) is 5.13 Å². The lowest BCUT2D eigenvalue weighted by Crippen LogP contribution is -2.28. The maximum absolute atomic E-state index is 12.1. The van der Waals surface area contributed by atoms with Gasteiger partial charge in [0.15, 0.2) is 5.13 Å². The van der Waals surface area contributed by atoms with Gasteiger partial charge in [0.1, 0.15) is 0 Å². The summed E-state index contributed by atoms with van der Waals surface area (Å²) in [4.78, 5) is 28.7. The van der Waals surface area contributed by atoms with Crippen molar-refractivity contribution in [2.75, 3.05) is 11.9 Å². The standard InChI is InChI=1S/C20H18IN3O2S/c1-13-4-2-3-5-16(13)19(26)22-11-10-18(25)24-20-23-17(12-27-20)14-6-8-15(21)9-7-14/h2-9,12H,10-11H2,1H3,(H,22,26)(H,23,24,25). The summed E-state index contributed by atoms with van der Waals surface area (Å²) in [6, 6.07) is 15.4. The first-order valence-electron chi connectivity index (χ1n) is 8.38. The second-order valence-corrected chi connectivity index (χ2v) is 8.02. The van der Waals surface area contributed by atoms with E-state index in [1.54, 1.807) is 6.07 Å². The summed E-state index contributed by atoms with van der Waals surface area (Å²) in [7, 11) is 0. The molecule has 3 rings (SSSR count). The van der Waals surface area contributed by atoms with Gasteiger partial charge >= 0.3 is 0 Å². The lowest BCUT2D eigenvalue weighted by molar-refractivity contribution is -0.116. The van der Waals surface area contributed by atoms with Gasteiger partial charge in [0.05, 0.1) is 5.69 Å². The van der Waals surface area contributed by atoms with Crippen LogP contribution in [0.5, 0.6) is 0 Å². The number of amides is 2. The molecule has 0 fully saturated rings.